The minimum atomic E-state index is -4.46. The molecule has 0 aromatic heterocycles. The summed E-state index contributed by atoms with van der Waals surface area (Å²) in [5, 5.41) is 3.05. The van der Waals surface area contributed by atoms with E-state index in [0.717, 1.165) is 77.0 Å². The Morgan fingerprint density at radius 3 is 1.14 bits per heavy atom. The first-order chi connectivity index (χ1) is 40.4. The molecule has 0 rings (SSSR count). The summed E-state index contributed by atoms with van der Waals surface area (Å²) >= 11 is 0. The lowest BCUT2D eigenvalue weighted by Gasteiger charge is -2.27. The van der Waals surface area contributed by atoms with Crippen LogP contribution in [0.25, 0.3) is 0 Å². The number of hydrogen-bond acceptors (Lipinski definition) is 6. The van der Waals surface area contributed by atoms with Crippen molar-refractivity contribution in [3.63, 3.8) is 0 Å². The highest BCUT2D eigenvalue weighted by molar-refractivity contribution is 7.47. The van der Waals surface area contributed by atoms with E-state index in [2.05, 4.69) is 86.8 Å². The van der Waals surface area contributed by atoms with Gasteiger partial charge in [-0.1, -0.05) is 287 Å². The van der Waals surface area contributed by atoms with Crippen LogP contribution in [0.4, 0.5) is 0 Å². The Hall–Kier alpha value is -2.55. The molecule has 0 aliphatic rings. The lowest BCUT2D eigenvalue weighted by atomic mass is 10.0. The van der Waals surface area contributed by atoms with Gasteiger partial charge >= 0.3 is 13.8 Å². The largest absolute Gasteiger partial charge is 0.472 e. The Balaban J connectivity index is 5.14. The van der Waals surface area contributed by atoms with Crippen molar-refractivity contribution in [2.24, 2.45) is 0 Å². The van der Waals surface area contributed by atoms with Crippen LogP contribution in [0.2, 0.25) is 0 Å². The predicted molar refractivity (Wildman–Crippen MR) is 360 cm³/mol. The van der Waals surface area contributed by atoms with Crippen LogP contribution < -0.4 is 5.32 Å². The highest BCUT2D eigenvalue weighted by Gasteiger charge is 2.30. The van der Waals surface area contributed by atoms with E-state index < -0.39 is 20.0 Å². The van der Waals surface area contributed by atoms with Crippen LogP contribution in [0.3, 0.4) is 0 Å². The molecule has 10 heteroatoms. The number of unbranched alkanes of at least 4 members (excludes halogenated alkanes) is 38. The smallest absolute Gasteiger partial charge is 0.456 e. The first-order valence-corrected chi connectivity index (χ1v) is 36.8. The fraction of sp³-hybridized carbons (Fsp3) is 0.808. The van der Waals surface area contributed by atoms with Gasteiger partial charge in [-0.25, -0.2) is 4.57 Å². The van der Waals surface area contributed by atoms with Crippen molar-refractivity contribution < 1.29 is 37.3 Å². The van der Waals surface area contributed by atoms with Crippen molar-refractivity contribution >= 4 is 19.7 Å². The minimum absolute atomic E-state index is 0.0327. The number of quaternary nitrogens is 1. The highest BCUT2D eigenvalue weighted by atomic mass is 31.2. The molecule has 0 radical (unpaired) electrons. The number of rotatable bonds is 64. The SMILES string of the molecule is CCCCC/C=C\C/C=C\C/C=C\C/C=C\CCCCCC(=O)NC(COP(=O)(O)OCC[N+](C)(C)C)C(/C=C\CCCCCCCCCCCCC)OC(=O)CCCCCCCCCCCCCCCCC/C=C/CCCCCCCC. The fourth-order valence-electron chi connectivity index (χ4n) is 10.2. The molecule has 0 aliphatic carbocycles. The van der Waals surface area contributed by atoms with Gasteiger partial charge in [-0.3, -0.25) is 18.6 Å². The third-order valence-electron chi connectivity index (χ3n) is 15.6. The van der Waals surface area contributed by atoms with Crippen molar-refractivity contribution in [1.29, 1.82) is 0 Å². The first kappa shape index (κ1) is 80.5. The molecule has 0 aromatic rings. The maximum absolute atomic E-state index is 13.6. The molecule has 0 spiro atoms. The standard InChI is InChI=1S/C73H135N2O7P/c1-7-10-13-16-19-22-25-28-30-32-34-35-36-37-38-39-41-43-45-48-51-54-57-60-63-66-73(77)82-71(64-61-58-55-52-49-46-27-24-21-18-15-12-9-3)70(69-81-83(78,79)80-68-67-75(4,5)6)74-72(76)65-62-59-56-53-50-47-44-42-40-33-31-29-26-23-20-17-14-11-8-2/h20,23,28-31,40,42,47,50,61,64,70-71H,7-19,21-22,24-27,32-39,41,43-46,48-49,51-60,62-63,65-69H2,1-6H3,(H-,74,76,78,79)/p+1/b23-20-,30-28+,31-29-,42-40-,50-47-,64-61-. The summed E-state index contributed by atoms with van der Waals surface area (Å²) in [5.41, 5.74) is 0. The summed E-state index contributed by atoms with van der Waals surface area (Å²) in [7, 11) is 1.48. The average Bonchev–Trinajstić information content (AvgIpc) is 3.47. The summed E-state index contributed by atoms with van der Waals surface area (Å²) in [6.45, 7) is 6.99. The van der Waals surface area contributed by atoms with E-state index in [9.17, 15) is 19.0 Å². The number of nitrogens with one attached hydrogen (secondary N) is 1. The number of phosphoric ester groups is 1. The molecule has 83 heavy (non-hydrogen) atoms. The minimum Gasteiger partial charge on any atom is -0.456 e. The third kappa shape index (κ3) is 63.8. The zero-order valence-corrected chi connectivity index (χ0v) is 56.3. The second kappa shape index (κ2) is 62.5. The van der Waals surface area contributed by atoms with E-state index in [4.69, 9.17) is 13.8 Å². The van der Waals surface area contributed by atoms with Gasteiger partial charge in [0.05, 0.1) is 33.8 Å². The maximum atomic E-state index is 13.6. The van der Waals surface area contributed by atoms with Crippen LogP contribution in [-0.2, 0) is 27.9 Å². The monoisotopic (exact) mass is 1180 g/mol. The molecule has 0 saturated carbocycles. The lowest BCUT2D eigenvalue weighted by Crippen LogP contribution is -2.47. The Morgan fingerprint density at radius 1 is 0.422 bits per heavy atom. The highest BCUT2D eigenvalue weighted by Crippen LogP contribution is 2.43. The molecule has 1 amide bonds. The van der Waals surface area contributed by atoms with Gasteiger partial charge in [-0.2, -0.15) is 0 Å². The molecular formula is C73H136N2O7P+. The summed E-state index contributed by atoms with van der Waals surface area (Å²) < 4.78 is 30.8. The molecule has 3 atom stereocenters. The van der Waals surface area contributed by atoms with Gasteiger partial charge in [0.1, 0.15) is 19.3 Å². The van der Waals surface area contributed by atoms with E-state index in [1.807, 2.05) is 33.3 Å². The molecule has 2 N–H and O–H groups in total. The maximum Gasteiger partial charge on any atom is 0.472 e. The number of likely N-dealkylation sites (N-methyl/N-ethyl adjacent to an activating group) is 1. The van der Waals surface area contributed by atoms with Gasteiger partial charge < -0.3 is 19.4 Å². The number of phosphoric acid groups is 1. The van der Waals surface area contributed by atoms with Crippen molar-refractivity contribution in [2.45, 2.75) is 341 Å². The molecule has 0 aromatic carbocycles. The lowest BCUT2D eigenvalue weighted by molar-refractivity contribution is -0.870. The third-order valence-corrected chi connectivity index (χ3v) is 16.6. The Kier molecular flexibility index (Phi) is 60.6. The molecule has 0 aliphatic heterocycles. The Bertz CT molecular complexity index is 1650. The van der Waals surface area contributed by atoms with Gasteiger partial charge in [0.15, 0.2) is 0 Å². The molecule has 0 heterocycles. The predicted octanol–water partition coefficient (Wildman–Crippen LogP) is 22.3. The topological polar surface area (TPSA) is 111 Å². The second-order valence-electron chi connectivity index (χ2n) is 25.0. The molecule has 484 valence electrons. The van der Waals surface area contributed by atoms with E-state index in [1.54, 1.807) is 0 Å². The number of amides is 1. The van der Waals surface area contributed by atoms with Crippen molar-refractivity contribution in [2.75, 3.05) is 40.9 Å². The number of carbonyl (C=O) groups excluding carboxylic acids is 2. The zero-order valence-electron chi connectivity index (χ0n) is 55.4. The van der Waals surface area contributed by atoms with E-state index in [-0.39, 0.29) is 31.5 Å². The van der Waals surface area contributed by atoms with Gasteiger partial charge in [0.2, 0.25) is 5.91 Å². The van der Waals surface area contributed by atoms with Crippen LogP contribution in [-0.4, -0.2) is 74.3 Å². The van der Waals surface area contributed by atoms with Crippen LogP contribution in [0.5, 0.6) is 0 Å². The van der Waals surface area contributed by atoms with Gasteiger partial charge in [0, 0.05) is 12.8 Å². The number of esters is 1. The molecule has 0 saturated heterocycles. The van der Waals surface area contributed by atoms with E-state index in [0.29, 0.717) is 23.9 Å². The summed E-state index contributed by atoms with van der Waals surface area (Å²) in [6.07, 6.45) is 82.0. The quantitative estimate of drug-likeness (QED) is 0.0205. The second-order valence-corrected chi connectivity index (χ2v) is 26.5. The van der Waals surface area contributed by atoms with Crippen molar-refractivity contribution in [3.05, 3.63) is 72.9 Å². The van der Waals surface area contributed by atoms with Crippen LogP contribution in [0.15, 0.2) is 72.9 Å². The summed E-state index contributed by atoms with van der Waals surface area (Å²) in [4.78, 5) is 37.9. The fourth-order valence-corrected chi connectivity index (χ4v) is 10.9. The number of carbonyl (C=O) groups is 2. The number of ether oxygens (including phenoxy) is 1. The first-order valence-electron chi connectivity index (χ1n) is 35.3. The Labute approximate surface area is 514 Å². The molecule has 9 nitrogen and oxygen atoms in total. The van der Waals surface area contributed by atoms with Crippen LogP contribution in [0.1, 0.15) is 329 Å². The van der Waals surface area contributed by atoms with Crippen molar-refractivity contribution in [1.82, 2.24) is 5.32 Å². The number of nitrogens with zero attached hydrogens (tertiary/aromatic N) is 1. The van der Waals surface area contributed by atoms with Crippen LogP contribution >= 0.6 is 7.82 Å². The van der Waals surface area contributed by atoms with Gasteiger partial charge in [0.25, 0.3) is 0 Å². The molecule has 0 bridgehead atoms. The van der Waals surface area contributed by atoms with E-state index >= 15 is 0 Å². The molecular weight excluding hydrogens is 1050 g/mol. The van der Waals surface area contributed by atoms with Crippen molar-refractivity contribution in [3.8, 4) is 0 Å². The van der Waals surface area contributed by atoms with E-state index in [1.165, 1.54) is 212 Å². The van der Waals surface area contributed by atoms with Crippen LogP contribution in [0, 0.1) is 0 Å². The normalized spacial score (nSPS) is 14.0. The summed E-state index contributed by atoms with van der Waals surface area (Å²) in [6, 6.07) is -0.868. The Morgan fingerprint density at radius 2 is 0.735 bits per heavy atom. The number of allylic oxidation sites excluding steroid dienone is 11. The molecule has 3 unspecified atom stereocenters. The van der Waals surface area contributed by atoms with Gasteiger partial charge in [-0.15, -0.1) is 0 Å². The number of hydrogen-bond donors (Lipinski definition) is 2. The van der Waals surface area contributed by atoms with Gasteiger partial charge in [-0.05, 0) is 102 Å². The summed E-state index contributed by atoms with van der Waals surface area (Å²) in [5.74, 6) is -0.531. The zero-order chi connectivity index (χ0) is 60.7. The molecule has 0 fully saturated rings. The average molecular weight is 1180 g/mol.